The average molecular weight is 665 g/mol. The van der Waals surface area contributed by atoms with Crippen LogP contribution in [0.2, 0.25) is 0 Å². The van der Waals surface area contributed by atoms with Gasteiger partial charge >= 0.3 is 247 Å². The number of allylic oxidation sites excluding steroid dienone is 4. The van der Waals surface area contributed by atoms with Gasteiger partial charge in [0, 0.05) is 0 Å². The predicted octanol–water partition coefficient (Wildman–Crippen LogP) is 4.53. The largest absolute Gasteiger partial charge is 1.00 e. The molecule has 1 atom stereocenters. The van der Waals surface area contributed by atoms with Gasteiger partial charge in [0.05, 0.1) is 0 Å². The molecule has 5 rings (SSSR count). The fourth-order valence-corrected chi connectivity index (χ4v) is 15.7. The van der Waals surface area contributed by atoms with Crippen LogP contribution in [0.1, 0.15) is 96.5 Å². The Morgan fingerprint density at radius 2 is 1.29 bits per heavy atom. The summed E-state index contributed by atoms with van der Waals surface area (Å²) < 4.78 is 4.02. The number of fused-ring (bicyclic) bond motifs is 3. The molecule has 0 aromatic heterocycles. The van der Waals surface area contributed by atoms with E-state index in [1.165, 1.54) is 58.2 Å². The van der Waals surface area contributed by atoms with Gasteiger partial charge in [-0.1, -0.05) is 0 Å². The maximum absolute atomic E-state index is 2.70. The van der Waals surface area contributed by atoms with Crippen LogP contribution < -0.4 is 24.8 Å². The van der Waals surface area contributed by atoms with Gasteiger partial charge in [0.2, 0.25) is 0 Å². The summed E-state index contributed by atoms with van der Waals surface area (Å²) in [5.41, 5.74) is 15.0. The van der Waals surface area contributed by atoms with Crippen LogP contribution in [0.5, 0.6) is 0 Å². The second-order valence-corrected chi connectivity index (χ2v) is 19.8. The van der Waals surface area contributed by atoms with E-state index in [0.29, 0.717) is 9.54 Å². The summed E-state index contributed by atoms with van der Waals surface area (Å²) in [6.45, 7) is 21.2. The van der Waals surface area contributed by atoms with Crippen molar-refractivity contribution in [3.63, 3.8) is 0 Å². The van der Waals surface area contributed by atoms with E-state index in [9.17, 15) is 0 Å². The van der Waals surface area contributed by atoms with Crippen molar-refractivity contribution in [1.29, 1.82) is 0 Å². The Bertz CT molecular complexity index is 1460. The van der Waals surface area contributed by atoms with Crippen LogP contribution >= 0.6 is 0 Å². The van der Waals surface area contributed by atoms with E-state index in [-0.39, 0.29) is 30.2 Å². The van der Waals surface area contributed by atoms with E-state index in [4.69, 9.17) is 0 Å². The smallest absolute Gasteiger partial charge is 1.00 e. The van der Waals surface area contributed by atoms with Crippen LogP contribution in [0.15, 0.2) is 75.6 Å². The molecule has 0 radical (unpaired) electrons. The Hall–Kier alpha value is -1.53. The van der Waals surface area contributed by atoms with Crippen LogP contribution in [0.3, 0.4) is 0 Å². The molecule has 2 aliphatic rings. The maximum Gasteiger partial charge on any atom is -1.00 e. The van der Waals surface area contributed by atoms with Crippen molar-refractivity contribution in [3.05, 3.63) is 115 Å². The zero-order chi connectivity index (χ0) is 28.1. The monoisotopic (exact) mass is 662 g/mol. The molecule has 3 heteroatoms. The van der Waals surface area contributed by atoms with Gasteiger partial charge in [-0.3, -0.25) is 0 Å². The molecule has 0 amide bonds. The Morgan fingerprint density at radius 1 is 0.780 bits per heavy atom. The molecular weight excluding hydrogens is 619 g/mol. The molecule has 0 bridgehead atoms. The Kier molecular flexibility index (Phi) is 11.1. The zero-order valence-electron chi connectivity index (χ0n) is 26.4. The van der Waals surface area contributed by atoms with Crippen LogP contribution in [-0.2, 0) is 21.3 Å². The Morgan fingerprint density at radius 3 is 1.78 bits per heavy atom. The van der Waals surface area contributed by atoms with E-state index in [2.05, 4.69) is 129 Å². The minimum atomic E-state index is -2.53. The number of aryl methyl sites for hydroxylation is 4. The standard InChI is InChI=1S/C17H17.C13H21.C8H8.2ClH.Zr/c1-10-5-14-9-15-6-11(2)13(4)8-17(15)16(14)7-12(10)3;1-5-6-7-11-8-9-12(10-11)13(2,3)4;1-2-8-6-4-3-5-7-8;;;/h5-9H,1-4H3;9-11H,5-7H2,1-4H3;3-7H,1H3;2*1H;/q;;;;;+2/p-2. The molecule has 2 aliphatic carbocycles. The van der Waals surface area contributed by atoms with E-state index in [1.54, 1.807) is 19.9 Å². The molecule has 1 unspecified atom stereocenters. The van der Waals surface area contributed by atoms with E-state index < -0.39 is 21.3 Å². The third-order valence-corrected chi connectivity index (χ3v) is 17.7. The first-order chi connectivity index (χ1) is 18.5. The van der Waals surface area contributed by atoms with E-state index >= 15 is 0 Å². The fourth-order valence-electron chi connectivity index (χ4n) is 6.58. The maximum atomic E-state index is 2.70. The van der Waals surface area contributed by atoms with Crippen LogP contribution in [-0.4, -0.2) is 3.21 Å². The predicted molar refractivity (Wildman–Crippen MR) is 168 cm³/mol. The van der Waals surface area contributed by atoms with Crippen molar-refractivity contribution in [2.24, 2.45) is 11.3 Å². The van der Waals surface area contributed by atoms with Gasteiger partial charge in [-0.05, 0) is 0 Å². The summed E-state index contributed by atoms with van der Waals surface area (Å²) in [6, 6.07) is 21.5. The number of halogens is 2. The fraction of sp³-hybridized carbons (Fsp3) is 0.395. The minimum Gasteiger partial charge on any atom is -1.00 e. The van der Waals surface area contributed by atoms with Crippen molar-refractivity contribution in [2.45, 2.75) is 85.2 Å². The molecule has 0 nitrogen and oxygen atoms in total. The van der Waals surface area contributed by atoms with Crippen LogP contribution in [0.25, 0.3) is 11.1 Å². The first kappa shape index (κ1) is 34.0. The van der Waals surface area contributed by atoms with Crippen molar-refractivity contribution >= 4 is 3.21 Å². The molecular formula is C38H46Cl2Zr. The molecule has 0 saturated heterocycles. The molecule has 0 N–H and O–H groups in total. The molecule has 3 aromatic carbocycles. The molecule has 0 spiro atoms. The number of benzene rings is 3. The van der Waals surface area contributed by atoms with Crippen LogP contribution in [0, 0.1) is 39.0 Å². The molecule has 0 fully saturated rings. The first-order valence-corrected chi connectivity index (χ1v) is 18.8. The van der Waals surface area contributed by atoms with Gasteiger partial charge in [-0.2, -0.15) is 0 Å². The summed E-state index contributed by atoms with van der Waals surface area (Å²) in [4.78, 5) is 0. The molecule has 3 aromatic rings. The van der Waals surface area contributed by atoms with Crippen molar-refractivity contribution in [2.75, 3.05) is 0 Å². The Balaban J connectivity index is 0.00000231. The zero-order valence-corrected chi connectivity index (χ0v) is 30.4. The number of rotatable bonds is 6. The number of hydrogen-bond donors (Lipinski definition) is 0. The van der Waals surface area contributed by atoms with Gasteiger partial charge in [0.1, 0.15) is 0 Å². The number of hydrogen-bond acceptors (Lipinski definition) is 0. The third kappa shape index (κ3) is 6.54. The van der Waals surface area contributed by atoms with E-state index in [0.717, 1.165) is 0 Å². The summed E-state index contributed by atoms with van der Waals surface area (Å²) in [5, 5.41) is 0. The molecule has 0 heterocycles. The van der Waals surface area contributed by atoms with Gasteiger partial charge in [-0.15, -0.1) is 0 Å². The van der Waals surface area contributed by atoms with E-state index in [1.807, 2.05) is 3.28 Å². The van der Waals surface area contributed by atoms with Gasteiger partial charge in [0.15, 0.2) is 0 Å². The summed E-state index contributed by atoms with van der Waals surface area (Å²) in [5.74, 6) is 0.581. The van der Waals surface area contributed by atoms with Crippen molar-refractivity contribution in [1.82, 2.24) is 0 Å². The minimum absolute atomic E-state index is 0. The second-order valence-electron chi connectivity index (χ2n) is 13.1. The molecule has 0 saturated carbocycles. The van der Waals surface area contributed by atoms with Crippen LogP contribution in [0.4, 0.5) is 0 Å². The summed E-state index contributed by atoms with van der Waals surface area (Å²) >= 11 is -2.53. The normalized spacial score (nSPS) is 16.2. The molecule has 216 valence electrons. The summed E-state index contributed by atoms with van der Waals surface area (Å²) in [6.07, 6.45) is 9.20. The summed E-state index contributed by atoms with van der Waals surface area (Å²) in [7, 11) is 0. The quantitative estimate of drug-likeness (QED) is 0.364. The van der Waals surface area contributed by atoms with Gasteiger partial charge in [-0.25, -0.2) is 0 Å². The first-order valence-electron chi connectivity index (χ1n) is 14.9. The molecule has 41 heavy (non-hydrogen) atoms. The number of unbranched alkanes of at least 4 members (excludes halogenated alkanes) is 1. The average Bonchev–Trinajstić information content (AvgIpc) is 3.44. The van der Waals surface area contributed by atoms with Crippen molar-refractivity contribution < 1.29 is 46.1 Å². The topological polar surface area (TPSA) is 0 Å². The third-order valence-electron chi connectivity index (χ3n) is 9.28. The second kappa shape index (κ2) is 13.4. The van der Waals surface area contributed by atoms with Gasteiger partial charge in [0.25, 0.3) is 0 Å². The van der Waals surface area contributed by atoms with Gasteiger partial charge < -0.3 is 24.8 Å². The Labute approximate surface area is 269 Å². The van der Waals surface area contributed by atoms with Crippen molar-refractivity contribution in [3.8, 4) is 11.1 Å². The molecule has 0 aliphatic heterocycles. The SMILES string of the molecule is CCCCC1C=C(C(C)(C)C)C=[C]1/[Zr+2](=[C](\C)c1ccccc1)[CH]1c2cc(C)c(C)cc2-c2cc(C)c(C)cc21.[Cl-].[Cl-].